The summed E-state index contributed by atoms with van der Waals surface area (Å²) in [5.41, 5.74) is 5.05. The second-order valence-electron chi connectivity index (χ2n) is 8.76. The van der Waals surface area contributed by atoms with E-state index in [0.717, 1.165) is 31.3 Å². The molecule has 0 bridgehead atoms. The lowest BCUT2D eigenvalue weighted by Crippen LogP contribution is -2.04. The Morgan fingerprint density at radius 1 is 0.974 bits per heavy atom. The van der Waals surface area contributed by atoms with Gasteiger partial charge in [-0.3, -0.25) is 0 Å². The van der Waals surface area contributed by atoms with Crippen LogP contribution in [0.25, 0.3) is 22.7 Å². The first kappa shape index (κ1) is 27.1. The van der Waals surface area contributed by atoms with Gasteiger partial charge in [0.2, 0.25) is 0 Å². The van der Waals surface area contributed by atoms with Crippen LogP contribution in [-0.2, 0) is 13.2 Å². The summed E-state index contributed by atoms with van der Waals surface area (Å²) in [6.07, 6.45) is 1.83. The molecule has 1 heterocycles. The number of allylic oxidation sites excluding steroid dienone is 1. The van der Waals surface area contributed by atoms with Gasteiger partial charge >= 0.3 is 0 Å². The van der Waals surface area contributed by atoms with Gasteiger partial charge in [0.1, 0.15) is 12.7 Å². The number of benzene rings is 4. The minimum Gasteiger partial charge on any atom is -0.493 e. The maximum Gasteiger partial charge on any atom is 0.174 e. The number of hydrogen-bond acceptors (Lipinski definition) is 4. The Hall–Kier alpha value is -3.51. The van der Waals surface area contributed by atoms with Crippen molar-refractivity contribution in [2.75, 3.05) is 7.11 Å². The van der Waals surface area contributed by atoms with Crippen molar-refractivity contribution in [3.63, 3.8) is 0 Å². The zero-order valence-corrected chi connectivity index (χ0v) is 24.5. The van der Waals surface area contributed by atoms with Crippen LogP contribution in [0.1, 0.15) is 22.5 Å². The lowest BCUT2D eigenvalue weighted by Gasteiger charge is -2.14. The highest BCUT2D eigenvalue weighted by Gasteiger charge is 2.17. The zero-order valence-electron chi connectivity index (χ0n) is 20.9. The van der Waals surface area contributed by atoms with Crippen LogP contribution in [0, 0.1) is 14.9 Å². The number of halogens is 3. The minimum absolute atomic E-state index is 0.372. The van der Waals surface area contributed by atoms with Crippen LogP contribution in [0.2, 0.25) is 10.0 Å². The number of rotatable bonds is 8. The van der Waals surface area contributed by atoms with Crippen molar-refractivity contribution in [1.29, 1.82) is 5.26 Å². The van der Waals surface area contributed by atoms with Crippen molar-refractivity contribution < 1.29 is 9.47 Å². The molecule has 0 spiro atoms. The molecule has 0 N–H and O–H groups in total. The molecule has 8 heteroatoms. The fraction of sp³-hybridized carbons (Fsp3) is 0.0968. The second kappa shape index (κ2) is 12.1. The third kappa shape index (κ3) is 6.22. The normalized spacial score (nSPS) is 11.4. The molecule has 0 aliphatic heterocycles. The van der Waals surface area contributed by atoms with Crippen LogP contribution in [0.15, 0.2) is 84.9 Å². The van der Waals surface area contributed by atoms with Crippen LogP contribution in [0.3, 0.4) is 0 Å². The van der Waals surface area contributed by atoms with Crippen molar-refractivity contribution in [3.8, 4) is 17.6 Å². The molecule has 0 unspecified atom stereocenters. The second-order valence-corrected chi connectivity index (χ2v) is 10.8. The Morgan fingerprint density at radius 2 is 1.64 bits per heavy atom. The maximum absolute atomic E-state index is 10.2. The van der Waals surface area contributed by atoms with E-state index < -0.39 is 0 Å². The van der Waals surface area contributed by atoms with E-state index in [2.05, 4.69) is 33.2 Å². The first-order valence-electron chi connectivity index (χ1n) is 12.0. The molecule has 4 aromatic carbocycles. The molecule has 0 fully saturated rings. The summed E-state index contributed by atoms with van der Waals surface area (Å²) in [5, 5.41) is 11.6. The number of ether oxygens (including phenoxy) is 2. The summed E-state index contributed by atoms with van der Waals surface area (Å²) in [6.45, 7) is 0.918. The molecule has 5 aromatic rings. The largest absolute Gasteiger partial charge is 0.493 e. The van der Waals surface area contributed by atoms with E-state index in [4.69, 9.17) is 37.7 Å². The molecule has 0 aliphatic rings. The number of hydrogen-bond donors (Lipinski definition) is 0. The molecule has 0 radical (unpaired) electrons. The topological polar surface area (TPSA) is 60.1 Å². The zero-order chi connectivity index (χ0) is 27.4. The van der Waals surface area contributed by atoms with Gasteiger partial charge in [-0.2, -0.15) is 5.26 Å². The smallest absolute Gasteiger partial charge is 0.174 e. The van der Waals surface area contributed by atoms with Gasteiger partial charge in [-0.05, 0) is 93.9 Å². The summed E-state index contributed by atoms with van der Waals surface area (Å²) in [7, 11) is 1.60. The van der Waals surface area contributed by atoms with Crippen LogP contribution >= 0.6 is 45.8 Å². The average molecular weight is 666 g/mol. The molecule has 194 valence electrons. The molecule has 39 heavy (non-hydrogen) atoms. The highest BCUT2D eigenvalue weighted by Crippen LogP contribution is 2.36. The molecule has 0 aliphatic carbocycles. The highest BCUT2D eigenvalue weighted by molar-refractivity contribution is 14.1. The summed E-state index contributed by atoms with van der Waals surface area (Å²) < 4.78 is 14.7. The quantitative estimate of drug-likeness (QED) is 0.123. The lowest BCUT2D eigenvalue weighted by atomic mass is 10.1. The van der Waals surface area contributed by atoms with Crippen LogP contribution in [-0.4, -0.2) is 16.7 Å². The van der Waals surface area contributed by atoms with E-state index in [1.54, 1.807) is 7.11 Å². The number of para-hydroxylation sites is 2. The van der Waals surface area contributed by atoms with Crippen LogP contribution in [0.5, 0.6) is 11.5 Å². The molecule has 1 aromatic heterocycles. The number of methoxy groups -OCH3 is 1. The summed E-state index contributed by atoms with van der Waals surface area (Å²) in [6, 6.07) is 29.3. The Bertz CT molecular complexity index is 1710. The number of imidazole rings is 1. The Labute approximate surface area is 250 Å². The van der Waals surface area contributed by atoms with Gasteiger partial charge in [0.25, 0.3) is 0 Å². The van der Waals surface area contributed by atoms with Gasteiger partial charge < -0.3 is 14.0 Å². The third-order valence-corrected chi connectivity index (χ3v) is 7.43. The van der Waals surface area contributed by atoms with Crippen molar-refractivity contribution in [2.24, 2.45) is 0 Å². The van der Waals surface area contributed by atoms with Crippen molar-refractivity contribution in [2.45, 2.75) is 13.2 Å². The van der Waals surface area contributed by atoms with Crippen molar-refractivity contribution in [1.82, 2.24) is 9.55 Å². The molecule has 5 nitrogen and oxygen atoms in total. The van der Waals surface area contributed by atoms with Crippen LogP contribution < -0.4 is 9.47 Å². The van der Waals surface area contributed by atoms with Gasteiger partial charge in [-0.25, -0.2) is 4.98 Å². The summed E-state index contributed by atoms with van der Waals surface area (Å²) in [4.78, 5) is 4.82. The predicted octanol–water partition coefficient (Wildman–Crippen LogP) is 8.65. The SMILES string of the molecule is COc1cc(/C=C(\C#N)c2nc3ccccc3n2Cc2ccc(Cl)cc2)cc(I)c1OCc1ccc(Cl)cc1. The molecular weight excluding hydrogens is 644 g/mol. The standard InChI is InChI=1S/C31H22Cl2IN3O2/c1-38-29-16-22(15-26(34)30(29)39-19-21-8-12-25(33)13-9-21)14-23(17-35)31-36-27-4-2-3-5-28(27)37(31)18-20-6-10-24(32)11-7-20/h2-16H,18-19H2,1H3/b23-14+. The van der Waals surface area contributed by atoms with Gasteiger partial charge in [0, 0.05) is 16.6 Å². The minimum atomic E-state index is 0.372. The average Bonchev–Trinajstić information content (AvgIpc) is 3.31. The van der Waals surface area contributed by atoms with Crippen LogP contribution in [0.4, 0.5) is 0 Å². The fourth-order valence-corrected chi connectivity index (χ4v) is 5.26. The third-order valence-electron chi connectivity index (χ3n) is 6.13. The maximum atomic E-state index is 10.2. The molecule has 5 rings (SSSR count). The molecule has 0 saturated carbocycles. The summed E-state index contributed by atoms with van der Waals surface area (Å²) in [5.74, 6) is 1.80. The lowest BCUT2D eigenvalue weighted by molar-refractivity contribution is 0.282. The van der Waals surface area contributed by atoms with E-state index in [9.17, 15) is 5.26 Å². The number of nitrogens with zero attached hydrogens (tertiary/aromatic N) is 3. The number of nitriles is 1. The van der Waals surface area contributed by atoms with E-state index in [1.165, 1.54) is 0 Å². The van der Waals surface area contributed by atoms with Gasteiger partial charge in [-0.15, -0.1) is 0 Å². The molecule has 0 amide bonds. The fourth-order valence-electron chi connectivity index (χ4n) is 4.23. The first-order chi connectivity index (χ1) is 18.9. The monoisotopic (exact) mass is 665 g/mol. The first-order valence-corrected chi connectivity index (χ1v) is 13.9. The van der Waals surface area contributed by atoms with E-state index in [-0.39, 0.29) is 0 Å². The van der Waals surface area contributed by atoms with Crippen molar-refractivity contribution >= 4 is 68.5 Å². The van der Waals surface area contributed by atoms with Gasteiger partial charge in [-0.1, -0.05) is 59.6 Å². The summed E-state index contributed by atoms with van der Waals surface area (Å²) >= 11 is 14.3. The van der Waals surface area contributed by atoms with Gasteiger partial charge in [0.05, 0.1) is 27.3 Å². The Balaban J connectivity index is 1.50. The highest BCUT2D eigenvalue weighted by atomic mass is 127. The molecule has 0 saturated heterocycles. The van der Waals surface area contributed by atoms with Crippen molar-refractivity contribution in [3.05, 3.63) is 121 Å². The van der Waals surface area contributed by atoms with E-state index in [0.29, 0.717) is 46.1 Å². The predicted molar refractivity (Wildman–Crippen MR) is 165 cm³/mol. The Kier molecular flexibility index (Phi) is 8.41. The van der Waals surface area contributed by atoms with E-state index in [1.807, 2.05) is 91.0 Å². The molecule has 0 atom stereocenters. The Morgan fingerprint density at radius 3 is 2.31 bits per heavy atom. The van der Waals surface area contributed by atoms with E-state index >= 15 is 0 Å². The van der Waals surface area contributed by atoms with Gasteiger partial charge in [0.15, 0.2) is 17.3 Å². The molecular formula is C31H22Cl2IN3O2. The number of fused-ring (bicyclic) bond motifs is 1. The number of aromatic nitrogens is 2.